The zero-order chi connectivity index (χ0) is 12.0. The Balaban J connectivity index is 2.06. The fourth-order valence-electron chi connectivity index (χ4n) is 2.73. The molecule has 1 amide bonds. The van der Waals surface area contributed by atoms with Crippen LogP contribution in [0.25, 0.3) is 0 Å². The molecule has 1 N–H and O–H groups in total. The summed E-state index contributed by atoms with van der Waals surface area (Å²) in [6.45, 7) is 4.57. The highest BCUT2D eigenvalue weighted by Crippen LogP contribution is 2.28. The zero-order valence-electron chi connectivity index (χ0n) is 9.79. The summed E-state index contributed by atoms with van der Waals surface area (Å²) in [4.78, 5) is 14.3. The van der Waals surface area contributed by atoms with Crippen molar-refractivity contribution >= 4 is 17.5 Å². The first-order chi connectivity index (χ1) is 8.16. The molecule has 0 aliphatic carbocycles. The number of aryl methyl sites for hydroxylation is 1. The monoisotopic (exact) mass is 250 g/mol. The van der Waals surface area contributed by atoms with Gasteiger partial charge in [0.05, 0.1) is 0 Å². The van der Waals surface area contributed by atoms with Crippen LogP contribution in [-0.2, 0) is 6.42 Å². The van der Waals surface area contributed by atoms with Crippen molar-refractivity contribution in [2.75, 3.05) is 19.6 Å². The van der Waals surface area contributed by atoms with Crippen LogP contribution in [0, 0.1) is 6.92 Å². The lowest BCUT2D eigenvalue weighted by molar-refractivity contribution is 0.0606. The molecule has 1 atom stereocenters. The fourth-order valence-corrected chi connectivity index (χ4v) is 2.89. The van der Waals surface area contributed by atoms with E-state index in [9.17, 15) is 4.79 Å². The Morgan fingerprint density at radius 3 is 3.12 bits per heavy atom. The van der Waals surface area contributed by atoms with E-state index in [1.165, 1.54) is 0 Å². The fraction of sp³-hybridized carbons (Fsp3) is 0.462. The minimum absolute atomic E-state index is 0.139. The molecule has 3 rings (SSSR count). The van der Waals surface area contributed by atoms with E-state index in [4.69, 9.17) is 11.6 Å². The van der Waals surface area contributed by atoms with Crippen LogP contribution < -0.4 is 5.32 Å². The Hall–Kier alpha value is -1.06. The lowest BCUT2D eigenvalue weighted by Crippen LogP contribution is -2.56. The van der Waals surface area contributed by atoms with E-state index in [0.29, 0.717) is 11.1 Å². The number of piperazine rings is 1. The van der Waals surface area contributed by atoms with Crippen molar-refractivity contribution in [1.29, 1.82) is 0 Å². The van der Waals surface area contributed by atoms with Crippen LogP contribution >= 0.6 is 11.6 Å². The maximum Gasteiger partial charge on any atom is 0.254 e. The van der Waals surface area contributed by atoms with E-state index in [-0.39, 0.29) is 5.91 Å². The van der Waals surface area contributed by atoms with Gasteiger partial charge in [-0.3, -0.25) is 4.79 Å². The number of nitrogens with one attached hydrogen (secondary N) is 1. The molecule has 1 unspecified atom stereocenters. The molecule has 2 aliphatic rings. The largest absolute Gasteiger partial charge is 0.333 e. The van der Waals surface area contributed by atoms with Gasteiger partial charge in [0.25, 0.3) is 5.91 Å². The van der Waals surface area contributed by atoms with E-state index >= 15 is 0 Å². The predicted molar refractivity (Wildman–Crippen MR) is 67.6 cm³/mol. The lowest BCUT2D eigenvalue weighted by Gasteiger charge is -2.40. The van der Waals surface area contributed by atoms with Gasteiger partial charge in [-0.15, -0.1) is 0 Å². The molecule has 0 radical (unpaired) electrons. The van der Waals surface area contributed by atoms with Gasteiger partial charge >= 0.3 is 0 Å². The van der Waals surface area contributed by atoms with Gasteiger partial charge in [0.2, 0.25) is 0 Å². The van der Waals surface area contributed by atoms with Crippen molar-refractivity contribution in [1.82, 2.24) is 10.2 Å². The van der Waals surface area contributed by atoms with Crippen LogP contribution in [0.4, 0.5) is 0 Å². The molecule has 17 heavy (non-hydrogen) atoms. The number of rotatable bonds is 0. The molecule has 3 nitrogen and oxygen atoms in total. The van der Waals surface area contributed by atoms with Crippen LogP contribution in [0.15, 0.2) is 12.1 Å². The smallest absolute Gasteiger partial charge is 0.254 e. The van der Waals surface area contributed by atoms with Crippen LogP contribution in [0.2, 0.25) is 5.02 Å². The van der Waals surface area contributed by atoms with Crippen molar-refractivity contribution in [3.05, 3.63) is 33.8 Å². The lowest BCUT2D eigenvalue weighted by atomic mass is 9.91. The first kappa shape index (κ1) is 11.1. The number of carbonyl (C=O) groups excluding carboxylic acids is 1. The van der Waals surface area contributed by atoms with Gasteiger partial charge in [-0.05, 0) is 30.5 Å². The summed E-state index contributed by atoms with van der Waals surface area (Å²) in [6.07, 6.45) is 0.937. The van der Waals surface area contributed by atoms with E-state index < -0.39 is 0 Å². The molecule has 4 heteroatoms. The van der Waals surface area contributed by atoms with Crippen molar-refractivity contribution in [2.45, 2.75) is 19.4 Å². The molecule has 1 aromatic carbocycles. The normalized spacial score (nSPS) is 23.3. The maximum atomic E-state index is 12.4. The van der Waals surface area contributed by atoms with Gasteiger partial charge < -0.3 is 10.2 Å². The van der Waals surface area contributed by atoms with E-state index in [1.807, 2.05) is 17.9 Å². The highest BCUT2D eigenvalue weighted by atomic mass is 35.5. The molecule has 2 heterocycles. The molecule has 2 aliphatic heterocycles. The van der Waals surface area contributed by atoms with Crippen molar-refractivity contribution in [2.24, 2.45) is 0 Å². The molecule has 1 aromatic rings. The topological polar surface area (TPSA) is 32.3 Å². The molecule has 0 aromatic heterocycles. The number of nitrogens with zero attached hydrogens (tertiary/aromatic N) is 1. The Bertz CT molecular complexity index is 487. The average Bonchev–Trinajstić information content (AvgIpc) is 2.32. The summed E-state index contributed by atoms with van der Waals surface area (Å²) >= 11 is 6.10. The second-order valence-corrected chi connectivity index (χ2v) is 5.23. The first-order valence-electron chi connectivity index (χ1n) is 5.97. The Labute approximate surface area is 106 Å². The average molecular weight is 251 g/mol. The minimum Gasteiger partial charge on any atom is -0.333 e. The summed E-state index contributed by atoms with van der Waals surface area (Å²) in [7, 11) is 0. The molecule has 90 valence electrons. The van der Waals surface area contributed by atoms with Gasteiger partial charge in [0.15, 0.2) is 0 Å². The van der Waals surface area contributed by atoms with Crippen LogP contribution in [-0.4, -0.2) is 36.5 Å². The third kappa shape index (κ3) is 1.74. The Morgan fingerprint density at radius 2 is 2.29 bits per heavy atom. The molecule has 1 saturated heterocycles. The first-order valence-corrected chi connectivity index (χ1v) is 6.35. The van der Waals surface area contributed by atoms with Crippen molar-refractivity contribution in [3.63, 3.8) is 0 Å². The molecule has 0 spiro atoms. The van der Waals surface area contributed by atoms with Gasteiger partial charge in [0, 0.05) is 36.3 Å². The number of benzene rings is 1. The van der Waals surface area contributed by atoms with Gasteiger partial charge in [-0.25, -0.2) is 0 Å². The number of carbonyl (C=O) groups is 1. The minimum atomic E-state index is 0.139. The quantitative estimate of drug-likeness (QED) is 0.759. The van der Waals surface area contributed by atoms with E-state index in [2.05, 4.69) is 11.4 Å². The number of hydrogen-bond donors (Lipinski definition) is 1. The zero-order valence-corrected chi connectivity index (χ0v) is 10.5. The standard InChI is InChI=1S/C13H15ClN2O/c1-8-4-9-5-10-7-15-2-3-16(10)13(17)11(9)6-12(8)14/h4,6,10,15H,2-3,5,7H2,1H3. The number of halogens is 1. The van der Waals surface area contributed by atoms with E-state index in [0.717, 1.165) is 42.7 Å². The predicted octanol–water partition coefficient (Wildman–Crippen LogP) is 1.62. The third-order valence-corrected chi connectivity index (χ3v) is 4.09. The Kier molecular flexibility index (Phi) is 2.60. The number of amides is 1. The van der Waals surface area contributed by atoms with Gasteiger partial charge in [-0.2, -0.15) is 0 Å². The van der Waals surface area contributed by atoms with Crippen LogP contribution in [0.1, 0.15) is 21.5 Å². The summed E-state index contributed by atoms with van der Waals surface area (Å²) in [6, 6.07) is 4.19. The molecular weight excluding hydrogens is 236 g/mol. The van der Waals surface area contributed by atoms with Gasteiger partial charge in [-0.1, -0.05) is 17.7 Å². The second-order valence-electron chi connectivity index (χ2n) is 4.82. The third-order valence-electron chi connectivity index (χ3n) is 3.68. The molecular formula is C13H15ClN2O. The number of hydrogen-bond acceptors (Lipinski definition) is 2. The molecule has 0 saturated carbocycles. The molecule has 1 fully saturated rings. The summed E-state index contributed by atoms with van der Waals surface area (Å²) < 4.78 is 0. The van der Waals surface area contributed by atoms with Crippen molar-refractivity contribution in [3.8, 4) is 0 Å². The summed E-state index contributed by atoms with van der Waals surface area (Å²) in [5, 5.41) is 4.03. The summed E-state index contributed by atoms with van der Waals surface area (Å²) in [5.74, 6) is 0.139. The highest BCUT2D eigenvalue weighted by molar-refractivity contribution is 6.31. The maximum absolute atomic E-state index is 12.4. The van der Waals surface area contributed by atoms with Crippen LogP contribution in [0.3, 0.4) is 0 Å². The van der Waals surface area contributed by atoms with Crippen LogP contribution in [0.5, 0.6) is 0 Å². The SMILES string of the molecule is Cc1cc2c(cc1Cl)C(=O)N1CCNCC1C2. The summed E-state index contributed by atoms with van der Waals surface area (Å²) in [5.41, 5.74) is 2.98. The van der Waals surface area contributed by atoms with Gasteiger partial charge in [0.1, 0.15) is 0 Å². The second kappa shape index (κ2) is 4.00. The Morgan fingerprint density at radius 1 is 1.47 bits per heavy atom. The molecule has 0 bridgehead atoms. The highest BCUT2D eigenvalue weighted by Gasteiger charge is 2.33. The van der Waals surface area contributed by atoms with E-state index in [1.54, 1.807) is 0 Å². The number of fused-ring (bicyclic) bond motifs is 2. The van der Waals surface area contributed by atoms with Crippen molar-refractivity contribution < 1.29 is 4.79 Å².